The lowest BCUT2D eigenvalue weighted by Gasteiger charge is -2.24. The maximum Gasteiger partial charge on any atom is 0.346 e. The number of nitrogens with zero attached hydrogens (tertiary/aromatic N) is 1. The lowest BCUT2D eigenvalue weighted by Crippen LogP contribution is -2.30. The first-order valence-electron chi connectivity index (χ1n) is 7.54. The molecule has 1 fully saturated rings. The maximum atomic E-state index is 11.6. The van der Waals surface area contributed by atoms with Gasteiger partial charge in [-0.2, -0.15) is 0 Å². The van der Waals surface area contributed by atoms with E-state index in [0.29, 0.717) is 16.8 Å². The third-order valence-electron chi connectivity index (χ3n) is 3.92. The molecule has 21 heavy (non-hydrogen) atoms. The molecule has 0 spiro atoms. The summed E-state index contributed by atoms with van der Waals surface area (Å²) in [6, 6.07) is 8.68. The average molecular weight is 303 g/mol. The van der Waals surface area contributed by atoms with Crippen LogP contribution in [0, 0.1) is 5.92 Å². The topological polar surface area (TPSA) is 40.5 Å². The SMILES string of the molecule is CC(C)CN(Cc1c(C(=O)O)sc2ccccc12)C1CC1. The first-order chi connectivity index (χ1) is 10.1. The van der Waals surface area contributed by atoms with Crippen LogP contribution in [0.25, 0.3) is 10.1 Å². The minimum atomic E-state index is -0.800. The van der Waals surface area contributed by atoms with E-state index in [2.05, 4.69) is 18.7 Å². The van der Waals surface area contributed by atoms with Gasteiger partial charge in [0.05, 0.1) is 0 Å². The summed E-state index contributed by atoms with van der Waals surface area (Å²) in [7, 11) is 0. The molecule has 0 bridgehead atoms. The molecular weight excluding hydrogens is 282 g/mol. The van der Waals surface area contributed by atoms with Crippen LogP contribution in [0.1, 0.15) is 41.9 Å². The molecular formula is C17H21NO2S. The number of carbonyl (C=O) groups is 1. The number of hydrogen-bond donors (Lipinski definition) is 1. The highest BCUT2D eigenvalue weighted by Crippen LogP contribution is 2.35. The summed E-state index contributed by atoms with van der Waals surface area (Å²) in [4.78, 5) is 14.5. The van der Waals surface area contributed by atoms with Crippen LogP contribution < -0.4 is 0 Å². The molecule has 1 aliphatic rings. The van der Waals surface area contributed by atoms with E-state index >= 15 is 0 Å². The maximum absolute atomic E-state index is 11.6. The lowest BCUT2D eigenvalue weighted by molar-refractivity contribution is 0.0700. The molecule has 1 aliphatic carbocycles. The number of benzene rings is 1. The highest BCUT2D eigenvalue weighted by atomic mass is 32.1. The molecule has 1 N–H and O–H groups in total. The molecule has 1 saturated carbocycles. The van der Waals surface area contributed by atoms with E-state index in [4.69, 9.17) is 0 Å². The van der Waals surface area contributed by atoms with E-state index in [1.165, 1.54) is 24.2 Å². The molecule has 0 atom stereocenters. The van der Waals surface area contributed by atoms with Crippen molar-refractivity contribution >= 4 is 27.4 Å². The summed E-state index contributed by atoms with van der Waals surface area (Å²) < 4.78 is 1.07. The Hall–Kier alpha value is -1.39. The van der Waals surface area contributed by atoms with Crippen LogP contribution >= 0.6 is 11.3 Å². The molecule has 0 amide bonds. The van der Waals surface area contributed by atoms with Gasteiger partial charge >= 0.3 is 5.97 Å². The number of hydrogen-bond acceptors (Lipinski definition) is 3. The summed E-state index contributed by atoms with van der Waals surface area (Å²) in [6.07, 6.45) is 2.49. The Balaban J connectivity index is 1.97. The average Bonchev–Trinajstić information content (AvgIpc) is 3.21. The van der Waals surface area contributed by atoms with Gasteiger partial charge in [-0.25, -0.2) is 4.79 Å². The van der Waals surface area contributed by atoms with Crippen LogP contribution in [0.2, 0.25) is 0 Å². The van der Waals surface area contributed by atoms with Crippen LogP contribution in [0.4, 0.5) is 0 Å². The minimum absolute atomic E-state index is 0.505. The number of carboxylic acid groups (broad SMARTS) is 1. The molecule has 0 unspecified atom stereocenters. The normalized spacial score (nSPS) is 15.2. The van der Waals surface area contributed by atoms with Crippen molar-refractivity contribution in [2.45, 2.75) is 39.3 Å². The van der Waals surface area contributed by atoms with E-state index in [-0.39, 0.29) is 0 Å². The van der Waals surface area contributed by atoms with Gasteiger partial charge in [0.15, 0.2) is 0 Å². The zero-order valence-corrected chi connectivity index (χ0v) is 13.3. The van der Waals surface area contributed by atoms with E-state index in [1.54, 1.807) is 0 Å². The second-order valence-corrected chi connectivity index (χ2v) is 7.32. The fourth-order valence-electron chi connectivity index (χ4n) is 2.88. The second-order valence-electron chi connectivity index (χ2n) is 6.27. The van der Waals surface area contributed by atoms with E-state index in [1.807, 2.05) is 24.3 Å². The molecule has 1 aromatic heterocycles. The second kappa shape index (κ2) is 5.78. The number of fused-ring (bicyclic) bond motifs is 1. The first-order valence-corrected chi connectivity index (χ1v) is 8.35. The Morgan fingerprint density at radius 1 is 1.38 bits per heavy atom. The Kier molecular flexibility index (Phi) is 4.00. The largest absolute Gasteiger partial charge is 0.477 e. The van der Waals surface area contributed by atoms with Crippen molar-refractivity contribution in [2.24, 2.45) is 5.92 Å². The molecule has 3 rings (SSSR count). The van der Waals surface area contributed by atoms with Gasteiger partial charge in [0, 0.05) is 23.8 Å². The van der Waals surface area contributed by atoms with Crippen LogP contribution in [-0.4, -0.2) is 28.6 Å². The number of thiophene rings is 1. The quantitative estimate of drug-likeness (QED) is 0.868. The Bertz CT molecular complexity index is 658. The van der Waals surface area contributed by atoms with Gasteiger partial charge in [-0.05, 0) is 35.8 Å². The highest BCUT2D eigenvalue weighted by Gasteiger charge is 2.31. The van der Waals surface area contributed by atoms with Crippen molar-refractivity contribution in [3.63, 3.8) is 0 Å². The molecule has 3 nitrogen and oxygen atoms in total. The van der Waals surface area contributed by atoms with Crippen LogP contribution in [0.5, 0.6) is 0 Å². The summed E-state index contributed by atoms with van der Waals surface area (Å²) in [5.41, 5.74) is 0.996. The van der Waals surface area contributed by atoms with Crippen molar-refractivity contribution in [2.75, 3.05) is 6.54 Å². The summed E-state index contributed by atoms with van der Waals surface area (Å²) in [5.74, 6) is -0.199. The number of aromatic carboxylic acids is 1. The van der Waals surface area contributed by atoms with E-state index in [9.17, 15) is 9.90 Å². The van der Waals surface area contributed by atoms with Crippen molar-refractivity contribution in [1.29, 1.82) is 0 Å². The molecule has 2 aromatic rings. The van der Waals surface area contributed by atoms with E-state index in [0.717, 1.165) is 28.7 Å². The van der Waals surface area contributed by atoms with Crippen LogP contribution in [0.15, 0.2) is 24.3 Å². The van der Waals surface area contributed by atoms with Gasteiger partial charge in [0.2, 0.25) is 0 Å². The fourth-order valence-corrected chi connectivity index (χ4v) is 3.94. The summed E-state index contributed by atoms with van der Waals surface area (Å²) in [6.45, 7) is 6.24. The Morgan fingerprint density at radius 2 is 2.10 bits per heavy atom. The van der Waals surface area contributed by atoms with Gasteiger partial charge in [-0.3, -0.25) is 4.90 Å². The van der Waals surface area contributed by atoms with Gasteiger partial charge < -0.3 is 5.11 Å². The smallest absolute Gasteiger partial charge is 0.346 e. The van der Waals surface area contributed by atoms with Crippen molar-refractivity contribution in [3.05, 3.63) is 34.7 Å². The van der Waals surface area contributed by atoms with Crippen LogP contribution in [0.3, 0.4) is 0 Å². The summed E-state index contributed by atoms with van der Waals surface area (Å²) >= 11 is 1.40. The van der Waals surface area contributed by atoms with Gasteiger partial charge in [0.1, 0.15) is 4.88 Å². The molecule has 4 heteroatoms. The predicted molar refractivity (Wildman–Crippen MR) is 87.1 cm³/mol. The third kappa shape index (κ3) is 3.11. The number of carboxylic acids is 1. The summed E-state index contributed by atoms with van der Waals surface area (Å²) in [5, 5.41) is 10.6. The van der Waals surface area contributed by atoms with Crippen LogP contribution in [-0.2, 0) is 6.54 Å². The zero-order valence-electron chi connectivity index (χ0n) is 12.5. The zero-order chi connectivity index (χ0) is 15.0. The van der Waals surface area contributed by atoms with Gasteiger partial charge in [-0.1, -0.05) is 32.0 Å². The number of rotatable bonds is 6. The lowest BCUT2D eigenvalue weighted by atomic mass is 10.1. The van der Waals surface area contributed by atoms with Crippen molar-refractivity contribution in [1.82, 2.24) is 4.90 Å². The fraction of sp³-hybridized carbons (Fsp3) is 0.471. The molecule has 0 aliphatic heterocycles. The highest BCUT2D eigenvalue weighted by molar-refractivity contribution is 7.21. The molecule has 1 heterocycles. The van der Waals surface area contributed by atoms with Crippen molar-refractivity contribution in [3.8, 4) is 0 Å². The molecule has 0 radical (unpaired) electrons. The van der Waals surface area contributed by atoms with Gasteiger partial charge in [-0.15, -0.1) is 11.3 Å². The first kappa shape index (κ1) is 14.5. The standard InChI is InChI=1S/C17H21NO2S/c1-11(2)9-18(12-7-8-12)10-14-13-5-3-4-6-15(13)21-16(14)17(19)20/h3-6,11-12H,7-10H2,1-2H3,(H,19,20). The monoisotopic (exact) mass is 303 g/mol. The Labute approximate surface area is 129 Å². The van der Waals surface area contributed by atoms with Crippen molar-refractivity contribution < 1.29 is 9.90 Å². The van der Waals surface area contributed by atoms with Gasteiger partial charge in [0.25, 0.3) is 0 Å². The molecule has 1 aromatic carbocycles. The third-order valence-corrected chi connectivity index (χ3v) is 5.12. The predicted octanol–water partition coefficient (Wildman–Crippen LogP) is 4.22. The molecule has 112 valence electrons. The Morgan fingerprint density at radius 3 is 2.71 bits per heavy atom. The van der Waals surface area contributed by atoms with E-state index < -0.39 is 5.97 Å². The molecule has 0 saturated heterocycles. The minimum Gasteiger partial charge on any atom is -0.477 e.